The molecule has 0 unspecified atom stereocenters. The summed E-state index contributed by atoms with van der Waals surface area (Å²) in [5, 5.41) is 1.86. The molecule has 2 aliphatic heterocycles. The summed E-state index contributed by atoms with van der Waals surface area (Å²) in [6.07, 6.45) is 13.7. The smallest absolute Gasteiger partial charge is 0.00633 e. The van der Waals surface area contributed by atoms with Gasteiger partial charge in [0.25, 0.3) is 0 Å². The van der Waals surface area contributed by atoms with E-state index in [1.807, 2.05) is 0 Å². The number of rotatable bonds is 5. The van der Waals surface area contributed by atoms with E-state index in [4.69, 9.17) is 0 Å². The maximum atomic E-state index is 2.55. The van der Waals surface area contributed by atoms with E-state index < -0.39 is 0 Å². The summed E-state index contributed by atoms with van der Waals surface area (Å²) in [6, 6.07) is 19.1. The Morgan fingerprint density at radius 2 is 0.806 bits per heavy atom. The predicted octanol–water partition coefficient (Wildman–Crippen LogP) is 11.6. The van der Waals surface area contributed by atoms with E-state index >= 15 is 0 Å². The summed E-state index contributed by atoms with van der Waals surface area (Å²) in [4.78, 5) is 0. The third kappa shape index (κ3) is 6.47. The molecule has 2 heterocycles. The van der Waals surface area contributed by atoms with Crippen LogP contribution in [0.15, 0.2) is 48.5 Å². The van der Waals surface area contributed by atoms with Crippen LogP contribution in [0.25, 0.3) is 11.1 Å². The third-order valence-electron chi connectivity index (χ3n) is 9.45. The zero-order valence-corrected chi connectivity index (χ0v) is 26.4. The van der Waals surface area contributed by atoms with Gasteiger partial charge in [0.05, 0.1) is 0 Å². The summed E-state index contributed by atoms with van der Waals surface area (Å²) in [5.41, 5.74) is 5.90. The molecule has 2 aliphatic rings. The van der Waals surface area contributed by atoms with E-state index in [0.717, 1.165) is 0 Å². The lowest BCUT2D eigenvalue weighted by molar-refractivity contribution is 0.563. The first-order valence-electron chi connectivity index (χ1n) is 14.5. The van der Waals surface area contributed by atoms with E-state index in [-0.39, 0.29) is 15.8 Å². The Balaban J connectivity index is 1.58. The fraction of sp³-hybridized carbons (Fsp3) is 0.647. The summed E-state index contributed by atoms with van der Waals surface area (Å²) in [6.45, 7) is 20.4. The highest BCUT2D eigenvalue weighted by molar-refractivity contribution is 7.60. The first-order chi connectivity index (χ1) is 16.8. The third-order valence-corrected chi connectivity index (χ3v) is 17.5. The SMILES string of the molecule is CC1(C)CCCCC(C)(C)P1Cc1cccc(-c2cccc(CP3C(C)(C)CCCCC3(C)C)c2)c1. The van der Waals surface area contributed by atoms with Gasteiger partial charge in [-0.2, -0.15) is 0 Å². The Kier molecular flexibility index (Phi) is 8.51. The maximum Gasteiger partial charge on any atom is -0.00633 e. The zero-order valence-electron chi connectivity index (χ0n) is 24.6. The lowest BCUT2D eigenvalue weighted by Crippen LogP contribution is -2.28. The Morgan fingerprint density at radius 3 is 1.11 bits per heavy atom. The lowest BCUT2D eigenvalue weighted by Gasteiger charge is -2.44. The van der Waals surface area contributed by atoms with Crippen LogP contribution in [0.5, 0.6) is 0 Å². The molecule has 0 saturated carbocycles. The van der Waals surface area contributed by atoms with Crippen molar-refractivity contribution >= 4 is 15.8 Å². The minimum absolute atomic E-state index is 0.0821. The molecule has 2 saturated heterocycles. The van der Waals surface area contributed by atoms with Crippen LogP contribution < -0.4 is 0 Å². The molecule has 2 heteroatoms. The fourth-order valence-electron chi connectivity index (χ4n) is 7.33. The number of benzene rings is 2. The summed E-state index contributed by atoms with van der Waals surface area (Å²) in [5.74, 6) is 0. The Labute approximate surface area is 226 Å². The molecule has 0 aromatic heterocycles. The van der Waals surface area contributed by atoms with Gasteiger partial charge in [0.2, 0.25) is 0 Å². The standard InChI is InChI=1S/C34H52P2/c1-31(2)19-9-10-20-32(3,4)35(31)25-27-15-13-17-29(23-27)30-18-14-16-28(24-30)26-36-33(5,6)21-11-12-22-34(36,7)8/h13-18,23-24H,9-12,19-22,25-26H2,1-8H3. The second-order valence-electron chi connectivity index (χ2n) is 14.2. The first kappa shape index (κ1) is 28.3. The lowest BCUT2D eigenvalue weighted by atomic mass is 10.0. The van der Waals surface area contributed by atoms with Crippen molar-refractivity contribution < 1.29 is 0 Å². The maximum absolute atomic E-state index is 2.55. The Morgan fingerprint density at radius 1 is 0.500 bits per heavy atom. The molecule has 2 fully saturated rings. The van der Waals surface area contributed by atoms with Gasteiger partial charge in [0.15, 0.2) is 0 Å². The average Bonchev–Trinajstić information content (AvgIpc) is 2.97. The summed E-state index contributed by atoms with van der Waals surface area (Å²) >= 11 is 0. The largest absolute Gasteiger partial charge is 0.0906 e. The van der Waals surface area contributed by atoms with E-state index in [1.165, 1.54) is 74.8 Å². The van der Waals surface area contributed by atoms with Gasteiger partial charge in [0, 0.05) is 0 Å². The van der Waals surface area contributed by atoms with Crippen molar-refractivity contribution in [3.8, 4) is 11.1 Å². The van der Waals surface area contributed by atoms with Crippen molar-refractivity contribution in [3.63, 3.8) is 0 Å². The minimum Gasteiger partial charge on any atom is -0.0906 e. The highest BCUT2D eigenvalue weighted by Crippen LogP contribution is 2.67. The van der Waals surface area contributed by atoms with Gasteiger partial charge in [-0.15, -0.1) is 0 Å². The number of hydrogen-bond donors (Lipinski definition) is 0. The van der Waals surface area contributed by atoms with Crippen molar-refractivity contribution in [3.05, 3.63) is 59.7 Å². The second kappa shape index (κ2) is 10.8. The predicted molar refractivity (Wildman–Crippen MR) is 166 cm³/mol. The quantitative estimate of drug-likeness (QED) is 0.343. The van der Waals surface area contributed by atoms with Crippen LogP contribution in [0.4, 0.5) is 0 Å². The molecule has 0 nitrogen and oxygen atoms in total. The van der Waals surface area contributed by atoms with Crippen LogP contribution >= 0.6 is 15.8 Å². The van der Waals surface area contributed by atoms with Crippen LogP contribution in [0.3, 0.4) is 0 Å². The van der Waals surface area contributed by atoms with Crippen LogP contribution in [-0.2, 0) is 12.3 Å². The molecule has 2 aromatic carbocycles. The van der Waals surface area contributed by atoms with Gasteiger partial charge in [0.1, 0.15) is 0 Å². The molecule has 36 heavy (non-hydrogen) atoms. The van der Waals surface area contributed by atoms with Crippen LogP contribution in [-0.4, -0.2) is 20.6 Å². The van der Waals surface area contributed by atoms with E-state index in [1.54, 1.807) is 11.1 Å². The van der Waals surface area contributed by atoms with E-state index in [9.17, 15) is 0 Å². The van der Waals surface area contributed by atoms with E-state index in [0.29, 0.717) is 20.6 Å². The van der Waals surface area contributed by atoms with Gasteiger partial charge < -0.3 is 0 Å². The molecular formula is C34H52P2. The molecule has 0 atom stereocenters. The van der Waals surface area contributed by atoms with Crippen molar-refractivity contribution in [1.82, 2.24) is 0 Å². The van der Waals surface area contributed by atoms with Crippen molar-refractivity contribution in [2.45, 2.75) is 140 Å². The first-order valence-corrected chi connectivity index (χ1v) is 17.6. The molecule has 0 bridgehead atoms. The van der Waals surface area contributed by atoms with E-state index in [2.05, 4.69) is 104 Å². The minimum atomic E-state index is -0.0821. The molecule has 198 valence electrons. The summed E-state index contributed by atoms with van der Waals surface area (Å²) < 4.78 is 0. The van der Waals surface area contributed by atoms with Crippen LogP contribution in [0.2, 0.25) is 0 Å². The van der Waals surface area contributed by atoms with Crippen LogP contribution in [0, 0.1) is 0 Å². The highest BCUT2D eigenvalue weighted by Gasteiger charge is 2.42. The molecule has 0 amide bonds. The molecule has 4 rings (SSSR count). The Hall–Kier alpha value is -0.700. The topological polar surface area (TPSA) is 0 Å². The summed E-state index contributed by atoms with van der Waals surface area (Å²) in [7, 11) is -0.164. The molecular weight excluding hydrogens is 470 g/mol. The monoisotopic (exact) mass is 522 g/mol. The van der Waals surface area contributed by atoms with Gasteiger partial charge >= 0.3 is 0 Å². The van der Waals surface area contributed by atoms with Gasteiger partial charge in [-0.1, -0.05) is 145 Å². The van der Waals surface area contributed by atoms with Gasteiger partial charge in [-0.3, -0.25) is 0 Å². The van der Waals surface area contributed by atoms with Gasteiger partial charge in [-0.25, -0.2) is 0 Å². The van der Waals surface area contributed by atoms with Crippen LogP contribution in [0.1, 0.15) is 118 Å². The van der Waals surface area contributed by atoms with Gasteiger partial charge in [-0.05, 0) is 80.9 Å². The normalized spacial score (nSPS) is 24.1. The number of hydrogen-bond acceptors (Lipinski definition) is 0. The van der Waals surface area contributed by atoms with Crippen molar-refractivity contribution in [2.75, 3.05) is 0 Å². The fourth-order valence-corrected chi connectivity index (χ4v) is 15.2. The molecule has 2 aromatic rings. The molecule has 0 N–H and O–H groups in total. The van der Waals surface area contributed by atoms with Crippen molar-refractivity contribution in [2.24, 2.45) is 0 Å². The Bertz CT molecular complexity index is 909. The van der Waals surface area contributed by atoms with Crippen molar-refractivity contribution in [1.29, 1.82) is 0 Å². The second-order valence-corrected chi connectivity index (χ2v) is 21.4. The zero-order chi connectivity index (χ0) is 26.2. The molecule has 0 radical (unpaired) electrons. The highest BCUT2D eigenvalue weighted by atomic mass is 31.1. The average molecular weight is 523 g/mol. The molecule has 0 aliphatic carbocycles. The molecule has 0 spiro atoms.